The van der Waals surface area contributed by atoms with Gasteiger partial charge in [-0.25, -0.2) is 0 Å². The Balaban J connectivity index is 1.89. The minimum atomic E-state index is -0.177. The molecule has 1 amide bonds. The highest BCUT2D eigenvalue weighted by molar-refractivity contribution is 5.76. The molecule has 0 fully saturated rings. The lowest BCUT2D eigenvalue weighted by Gasteiger charge is -2.16. The summed E-state index contributed by atoms with van der Waals surface area (Å²) in [7, 11) is 0. The van der Waals surface area contributed by atoms with E-state index in [0.29, 0.717) is 12.8 Å². The topological polar surface area (TPSA) is 85.6 Å². The molecule has 0 aromatic carbocycles. The Hall–Kier alpha value is -2.31. The van der Waals surface area contributed by atoms with Crippen molar-refractivity contribution in [1.29, 1.82) is 0 Å². The van der Waals surface area contributed by atoms with Crippen LogP contribution in [0.15, 0.2) is 24.9 Å². The molecule has 2 heterocycles. The molecule has 0 spiro atoms. The van der Waals surface area contributed by atoms with Crippen molar-refractivity contribution in [3.8, 4) is 0 Å². The van der Waals surface area contributed by atoms with Crippen LogP contribution in [-0.2, 0) is 11.2 Å². The first-order valence-corrected chi connectivity index (χ1v) is 7.01. The van der Waals surface area contributed by atoms with Crippen molar-refractivity contribution in [2.24, 2.45) is 0 Å². The highest BCUT2D eigenvalue weighted by Gasteiger charge is 2.16. The van der Waals surface area contributed by atoms with Crippen molar-refractivity contribution in [3.05, 3.63) is 36.4 Å². The second-order valence-electron chi connectivity index (χ2n) is 5.18. The van der Waals surface area contributed by atoms with Crippen molar-refractivity contribution >= 4 is 5.91 Å². The van der Waals surface area contributed by atoms with E-state index >= 15 is 0 Å². The van der Waals surface area contributed by atoms with Crippen LogP contribution in [0, 0.1) is 0 Å². The number of aryl methyl sites for hydroxylation is 1. The van der Waals surface area contributed by atoms with Gasteiger partial charge in [0.25, 0.3) is 0 Å². The molecule has 0 aliphatic carbocycles. The number of nitrogens with one attached hydrogen (secondary N) is 1. The summed E-state index contributed by atoms with van der Waals surface area (Å²) in [5.41, 5.74) is 0.811. The lowest BCUT2D eigenvalue weighted by Crippen LogP contribution is -2.29. The Labute approximate surface area is 123 Å². The predicted octanol–water partition coefficient (Wildman–Crippen LogP) is 1.46. The third-order valence-corrected chi connectivity index (χ3v) is 3.15. The lowest BCUT2D eigenvalue weighted by atomic mass is 10.2. The van der Waals surface area contributed by atoms with Gasteiger partial charge in [0, 0.05) is 31.1 Å². The molecule has 1 N–H and O–H groups in total. The van der Waals surface area contributed by atoms with Gasteiger partial charge in [0.15, 0.2) is 5.82 Å². The SMILES string of the molecule is CC(NC(=O)CCc1cnccn1)c1nncn1C(C)C. The summed E-state index contributed by atoms with van der Waals surface area (Å²) in [6.07, 6.45) is 7.54. The maximum atomic E-state index is 12.0. The van der Waals surface area contributed by atoms with Crippen LogP contribution < -0.4 is 5.32 Å². The number of carbonyl (C=O) groups is 1. The van der Waals surface area contributed by atoms with Gasteiger partial charge in [0.05, 0.1) is 11.7 Å². The molecule has 2 aromatic rings. The summed E-state index contributed by atoms with van der Waals surface area (Å²) < 4.78 is 1.95. The van der Waals surface area contributed by atoms with E-state index in [1.165, 1.54) is 0 Å². The highest BCUT2D eigenvalue weighted by Crippen LogP contribution is 2.14. The van der Waals surface area contributed by atoms with Crippen molar-refractivity contribution < 1.29 is 4.79 Å². The van der Waals surface area contributed by atoms with E-state index in [1.807, 2.05) is 11.5 Å². The average molecular weight is 288 g/mol. The summed E-state index contributed by atoms with van der Waals surface area (Å²) >= 11 is 0. The van der Waals surface area contributed by atoms with Gasteiger partial charge in [-0.15, -0.1) is 10.2 Å². The van der Waals surface area contributed by atoms with E-state index in [4.69, 9.17) is 0 Å². The van der Waals surface area contributed by atoms with Crippen LogP contribution >= 0.6 is 0 Å². The first kappa shape index (κ1) is 15.1. The van der Waals surface area contributed by atoms with Gasteiger partial charge in [0.2, 0.25) is 5.91 Å². The maximum absolute atomic E-state index is 12.0. The second kappa shape index (κ2) is 6.92. The van der Waals surface area contributed by atoms with Crippen LogP contribution in [-0.4, -0.2) is 30.6 Å². The van der Waals surface area contributed by atoms with E-state index in [-0.39, 0.29) is 18.0 Å². The summed E-state index contributed by atoms with van der Waals surface area (Å²) in [6, 6.07) is 0.0817. The van der Waals surface area contributed by atoms with Crippen LogP contribution in [0.3, 0.4) is 0 Å². The molecule has 0 saturated heterocycles. The van der Waals surface area contributed by atoms with Gasteiger partial charge in [-0.2, -0.15) is 0 Å². The van der Waals surface area contributed by atoms with E-state index in [0.717, 1.165) is 11.5 Å². The Morgan fingerprint density at radius 2 is 2.14 bits per heavy atom. The molecule has 2 rings (SSSR count). The summed E-state index contributed by atoms with van der Waals surface area (Å²) in [5, 5.41) is 10.9. The largest absolute Gasteiger partial charge is 0.346 e. The molecule has 2 aromatic heterocycles. The normalized spacial score (nSPS) is 12.4. The molecule has 7 nitrogen and oxygen atoms in total. The van der Waals surface area contributed by atoms with Gasteiger partial charge in [0.1, 0.15) is 6.33 Å². The number of hydrogen-bond donors (Lipinski definition) is 1. The molecule has 0 aliphatic heterocycles. The van der Waals surface area contributed by atoms with E-state index < -0.39 is 0 Å². The zero-order valence-electron chi connectivity index (χ0n) is 12.5. The third kappa shape index (κ3) is 4.08. The fraction of sp³-hybridized carbons (Fsp3) is 0.500. The molecule has 21 heavy (non-hydrogen) atoms. The van der Waals surface area contributed by atoms with Crippen LogP contribution in [0.1, 0.15) is 50.8 Å². The number of aromatic nitrogens is 5. The van der Waals surface area contributed by atoms with Gasteiger partial charge < -0.3 is 9.88 Å². The number of carbonyl (C=O) groups excluding carboxylic acids is 1. The molecule has 1 unspecified atom stereocenters. The second-order valence-corrected chi connectivity index (χ2v) is 5.18. The number of amides is 1. The Morgan fingerprint density at radius 1 is 1.33 bits per heavy atom. The molecular formula is C14H20N6O. The fourth-order valence-corrected chi connectivity index (χ4v) is 2.04. The van der Waals surface area contributed by atoms with Crippen LogP contribution in [0.25, 0.3) is 0 Å². The standard InChI is InChI=1S/C14H20N6O/c1-10(2)20-9-17-19-14(20)11(3)18-13(21)5-4-12-8-15-6-7-16-12/h6-11H,4-5H2,1-3H3,(H,18,21). The Morgan fingerprint density at radius 3 is 2.81 bits per heavy atom. The molecule has 7 heteroatoms. The summed E-state index contributed by atoms with van der Waals surface area (Å²) in [6.45, 7) is 6.01. The minimum absolute atomic E-state index is 0.0357. The van der Waals surface area contributed by atoms with Crippen molar-refractivity contribution in [3.63, 3.8) is 0 Å². The van der Waals surface area contributed by atoms with Gasteiger partial charge >= 0.3 is 0 Å². The van der Waals surface area contributed by atoms with Gasteiger partial charge in [-0.3, -0.25) is 14.8 Å². The smallest absolute Gasteiger partial charge is 0.220 e. The zero-order valence-corrected chi connectivity index (χ0v) is 12.5. The van der Waals surface area contributed by atoms with E-state index in [1.54, 1.807) is 24.9 Å². The van der Waals surface area contributed by atoms with Crippen LogP contribution in [0.2, 0.25) is 0 Å². The quantitative estimate of drug-likeness (QED) is 0.869. The van der Waals surface area contributed by atoms with Crippen LogP contribution in [0.4, 0.5) is 0 Å². The molecule has 0 saturated carbocycles. The monoisotopic (exact) mass is 288 g/mol. The number of rotatable bonds is 6. The summed E-state index contributed by atoms with van der Waals surface area (Å²) in [4.78, 5) is 20.1. The molecular weight excluding hydrogens is 268 g/mol. The maximum Gasteiger partial charge on any atom is 0.220 e. The lowest BCUT2D eigenvalue weighted by molar-refractivity contribution is -0.121. The molecule has 0 aliphatic rings. The Bertz CT molecular complexity index is 580. The molecule has 0 bridgehead atoms. The van der Waals surface area contributed by atoms with Crippen molar-refractivity contribution in [2.45, 2.75) is 45.7 Å². The Kier molecular flexibility index (Phi) is 4.97. The summed E-state index contributed by atoms with van der Waals surface area (Å²) in [5.74, 6) is 0.726. The van der Waals surface area contributed by atoms with Crippen molar-refractivity contribution in [2.75, 3.05) is 0 Å². The minimum Gasteiger partial charge on any atom is -0.346 e. The predicted molar refractivity (Wildman–Crippen MR) is 77.3 cm³/mol. The van der Waals surface area contributed by atoms with Crippen molar-refractivity contribution in [1.82, 2.24) is 30.0 Å². The molecule has 112 valence electrons. The first-order valence-electron chi connectivity index (χ1n) is 7.01. The van der Waals surface area contributed by atoms with Crippen LogP contribution in [0.5, 0.6) is 0 Å². The fourth-order valence-electron chi connectivity index (χ4n) is 2.04. The number of hydrogen-bond acceptors (Lipinski definition) is 5. The first-order chi connectivity index (χ1) is 10.1. The number of nitrogens with zero attached hydrogens (tertiary/aromatic N) is 5. The van der Waals surface area contributed by atoms with E-state index in [9.17, 15) is 4.79 Å². The zero-order chi connectivity index (χ0) is 15.2. The molecule has 1 atom stereocenters. The van der Waals surface area contributed by atoms with E-state index in [2.05, 4.69) is 39.3 Å². The third-order valence-electron chi connectivity index (χ3n) is 3.15. The average Bonchev–Trinajstić information content (AvgIpc) is 2.96. The highest BCUT2D eigenvalue weighted by atomic mass is 16.1. The van der Waals surface area contributed by atoms with Gasteiger partial charge in [-0.1, -0.05) is 0 Å². The van der Waals surface area contributed by atoms with Gasteiger partial charge in [-0.05, 0) is 27.2 Å². The molecule has 0 radical (unpaired) electrons.